The number of hydrogen-bond donors (Lipinski definition) is 0. The zero-order valence-electron chi connectivity index (χ0n) is 15.0. The Balaban J connectivity index is 1.52. The third-order valence-electron chi connectivity index (χ3n) is 4.39. The standard InChI is InChI=1S/C19H18FN5OS/c1-24(2)19-21-9-13(10-22-19)18(26)25-8-7-15-16(11-25)27-17(23-15)12-3-5-14(20)6-4-12/h3-6,9-10H,7-8,11H2,1-2H3. The lowest BCUT2D eigenvalue weighted by atomic mass is 10.1. The summed E-state index contributed by atoms with van der Waals surface area (Å²) >= 11 is 1.55. The van der Waals surface area contributed by atoms with Gasteiger partial charge in [-0.25, -0.2) is 19.3 Å². The van der Waals surface area contributed by atoms with Crippen LogP contribution in [-0.2, 0) is 13.0 Å². The first kappa shape index (κ1) is 17.5. The summed E-state index contributed by atoms with van der Waals surface area (Å²) in [6.45, 7) is 1.12. The van der Waals surface area contributed by atoms with Gasteiger partial charge in [-0.3, -0.25) is 4.79 Å². The second-order valence-electron chi connectivity index (χ2n) is 6.54. The zero-order chi connectivity index (χ0) is 19.0. The fourth-order valence-corrected chi connectivity index (χ4v) is 4.06. The van der Waals surface area contributed by atoms with Crippen LogP contribution in [0.5, 0.6) is 0 Å². The van der Waals surface area contributed by atoms with Crippen molar-refractivity contribution in [3.05, 3.63) is 58.6 Å². The Bertz CT molecular complexity index is 969. The average molecular weight is 383 g/mol. The predicted molar refractivity (Wildman–Crippen MR) is 102 cm³/mol. The third-order valence-corrected chi connectivity index (χ3v) is 5.53. The fraction of sp³-hybridized carbons (Fsp3) is 0.263. The summed E-state index contributed by atoms with van der Waals surface area (Å²) in [5, 5.41) is 0.855. The minimum absolute atomic E-state index is 0.0808. The molecule has 3 heterocycles. The molecule has 4 rings (SSSR count). The summed E-state index contributed by atoms with van der Waals surface area (Å²) in [7, 11) is 3.71. The van der Waals surface area contributed by atoms with E-state index in [9.17, 15) is 9.18 Å². The molecule has 0 saturated carbocycles. The van der Waals surface area contributed by atoms with E-state index < -0.39 is 0 Å². The van der Waals surface area contributed by atoms with Crippen LogP contribution in [0.1, 0.15) is 20.9 Å². The molecule has 0 bridgehead atoms. The second kappa shape index (κ2) is 7.03. The average Bonchev–Trinajstić information content (AvgIpc) is 3.11. The van der Waals surface area contributed by atoms with E-state index in [0.717, 1.165) is 21.1 Å². The van der Waals surface area contributed by atoms with Crippen molar-refractivity contribution in [1.29, 1.82) is 0 Å². The fourth-order valence-electron chi connectivity index (χ4n) is 2.93. The lowest BCUT2D eigenvalue weighted by Crippen LogP contribution is -2.35. The van der Waals surface area contributed by atoms with Crippen molar-refractivity contribution in [3.63, 3.8) is 0 Å². The van der Waals surface area contributed by atoms with E-state index in [-0.39, 0.29) is 11.7 Å². The largest absolute Gasteiger partial charge is 0.347 e. The summed E-state index contributed by atoms with van der Waals surface area (Å²) in [5.74, 6) is 0.223. The number of anilines is 1. The molecule has 0 radical (unpaired) electrons. The number of nitrogens with zero attached hydrogens (tertiary/aromatic N) is 5. The maximum atomic E-state index is 13.1. The van der Waals surface area contributed by atoms with Crippen LogP contribution in [0.3, 0.4) is 0 Å². The van der Waals surface area contributed by atoms with Crippen LogP contribution in [0.4, 0.5) is 10.3 Å². The van der Waals surface area contributed by atoms with Gasteiger partial charge in [0.1, 0.15) is 10.8 Å². The van der Waals surface area contributed by atoms with Crippen LogP contribution in [-0.4, -0.2) is 46.4 Å². The van der Waals surface area contributed by atoms with Crippen LogP contribution in [0.25, 0.3) is 10.6 Å². The van der Waals surface area contributed by atoms with Gasteiger partial charge in [0.2, 0.25) is 5.95 Å². The van der Waals surface area contributed by atoms with E-state index in [2.05, 4.69) is 15.0 Å². The van der Waals surface area contributed by atoms with Crippen molar-refractivity contribution in [2.75, 3.05) is 25.5 Å². The Morgan fingerprint density at radius 2 is 1.89 bits per heavy atom. The second-order valence-corrected chi connectivity index (χ2v) is 7.62. The monoisotopic (exact) mass is 383 g/mol. The smallest absolute Gasteiger partial charge is 0.257 e. The lowest BCUT2D eigenvalue weighted by molar-refractivity contribution is 0.0735. The van der Waals surface area contributed by atoms with Gasteiger partial charge in [-0.2, -0.15) is 0 Å². The van der Waals surface area contributed by atoms with Crippen molar-refractivity contribution >= 4 is 23.2 Å². The first-order valence-corrected chi connectivity index (χ1v) is 9.36. The zero-order valence-corrected chi connectivity index (χ0v) is 15.8. The van der Waals surface area contributed by atoms with Crippen LogP contribution in [0, 0.1) is 5.82 Å². The highest BCUT2D eigenvalue weighted by molar-refractivity contribution is 7.15. The van der Waals surface area contributed by atoms with Crippen molar-refractivity contribution in [2.24, 2.45) is 0 Å². The number of fused-ring (bicyclic) bond motifs is 1. The quantitative estimate of drug-likeness (QED) is 0.696. The summed E-state index contributed by atoms with van der Waals surface area (Å²) < 4.78 is 13.1. The van der Waals surface area contributed by atoms with Crippen LogP contribution in [0.15, 0.2) is 36.7 Å². The van der Waals surface area contributed by atoms with Crippen molar-refractivity contribution in [2.45, 2.75) is 13.0 Å². The molecule has 0 aliphatic carbocycles. The van der Waals surface area contributed by atoms with Crippen molar-refractivity contribution < 1.29 is 9.18 Å². The number of rotatable bonds is 3. The maximum absolute atomic E-state index is 13.1. The Kier molecular flexibility index (Phi) is 4.57. The third kappa shape index (κ3) is 3.52. The Hall–Kier alpha value is -2.87. The highest BCUT2D eigenvalue weighted by atomic mass is 32.1. The van der Waals surface area contributed by atoms with E-state index >= 15 is 0 Å². The Morgan fingerprint density at radius 3 is 2.56 bits per heavy atom. The first-order chi connectivity index (χ1) is 13.0. The van der Waals surface area contributed by atoms with Gasteiger partial charge in [0.25, 0.3) is 5.91 Å². The van der Waals surface area contributed by atoms with Gasteiger partial charge >= 0.3 is 0 Å². The number of aromatic nitrogens is 3. The first-order valence-electron chi connectivity index (χ1n) is 8.54. The molecular weight excluding hydrogens is 365 g/mol. The molecule has 27 heavy (non-hydrogen) atoms. The summed E-state index contributed by atoms with van der Waals surface area (Å²) in [4.78, 5) is 30.5. The van der Waals surface area contributed by atoms with Crippen molar-refractivity contribution in [3.8, 4) is 10.6 Å². The van der Waals surface area contributed by atoms with Gasteiger partial charge in [-0.1, -0.05) is 0 Å². The van der Waals surface area contributed by atoms with Crippen LogP contribution in [0.2, 0.25) is 0 Å². The molecule has 0 atom stereocenters. The van der Waals surface area contributed by atoms with Gasteiger partial charge in [-0.15, -0.1) is 11.3 Å². The number of hydrogen-bond acceptors (Lipinski definition) is 6. The highest BCUT2D eigenvalue weighted by Crippen LogP contribution is 2.32. The molecule has 138 valence electrons. The minimum Gasteiger partial charge on any atom is -0.347 e. The van der Waals surface area contributed by atoms with Gasteiger partial charge < -0.3 is 9.80 Å². The molecule has 1 aromatic carbocycles. The van der Waals surface area contributed by atoms with E-state index in [1.807, 2.05) is 14.1 Å². The number of carbonyl (C=O) groups is 1. The normalized spacial score (nSPS) is 13.4. The molecule has 8 heteroatoms. The Morgan fingerprint density at radius 1 is 1.19 bits per heavy atom. The number of benzene rings is 1. The summed E-state index contributed by atoms with van der Waals surface area (Å²) in [6.07, 6.45) is 3.84. The molecule has 0 spiro atoms. The van der Waals surface area contributed by atoms with Crippen LogP contribution < -0.4 is 4.90 Å². The molecule has 1 aliphatic rings. The maximum Gasteiger partial charge on any atom is 0.257 e. The van der Waals surface area contributed by atoms with E-state index in [0.29, 0.717) is 31.0 Å². The van der Waals surface area contributed by atoms with Gasteiger partial charge in [-0.05, 0) is 24.3 Å². The molecule has 1 amide bonds. The van der Waals surface area contributed by atoms with Crippen LogP contribution >= 0.6 is 11.3 Å². The lowest BCUT2D eigenvalue weighted by Gasteiger charge is -2.26. The van der Waals surface area contributed by atoms with Gasteiger partial charge in [0.15, 0.2) is 0 Å². The summed E-state index contributed by atoms with van der Waals surface area (Å²) in [6, 6.07) is 6.32. The van der Waals surface area contributed by atoms with Gasteiger partial charge in [0.05, 0.1) is 17.8 Å². The van der Waals surface area contributed by atoms with E-state index in [1.54, 1.807) is 45.7 Å². The molecule has 0 unspecified atom stereocenters. The molecule has 2 aromatic heterocycles. The molecule has 6 nitrogen and oxygen atoms in total. The Labute approximate surface area is 160 Å². The number of thiazole rings is 1. The number of carbonyl (C=O) groups excluding carboxylic acids is 1. The van der Waals surface area contributed by atoms with E-state index in [4.69, 9.17) is 0 Å². The topological polar surface area (TPSA) is 62.2 Å². The molecular formula is C19H18FN5OS. The molecule has 1 aliphatic heterocycles. The van der Waals surface area contributed by atoms with E-state index in [1.165, 1.54) is 12.1 Å². The molecule has 0 N–H and O–H groups in total. The SMILES string of the molecule is CN(C)c1ncc(C(=O)N2CCc3nc(-c4ccc(F)cc4)sc3C2)cn1. The predicted octanol–water partition coefficient (Wildman–Crippen LogP) is 3.00. The van der Waals surface area contributed by atoms with Gasteiger partial charge in [0, 0.05) is 49.9 Å². The molecule has 3 aromatic rings. The molecule has 0 saturated heterocycles. The minimum atomic E-state index is -0.264. The van der Waals surface area contributed by atoms with Crippen molar-refractivity contribution in [1.82, 2.24) is 19.9 Å². The highest BCUT2D eigenvalue weighted by Gasteiger charge is 2.25. The summed E-state index contributed by atoms with van der Waals surface area (Å²) in [5.41, 5.74) is 2.39. The molecule has 0 fully saturated rings. The number of halogens is 1. The number of amides is 1.